The topological polar surface area (TPSA) is 86.2 Å². The second kappa shape index (κ2) is 6.03. The number of hydrogen-bond acceptors (Lipinski definition) is 2. The van der Waals surface area contributed by atoms with Gasteiger partial charge in [-0.1, -0.05) is 60.9 Å². The van der Waals surface area contributed by atoms with E-state index < -0.39 is 17.2 Å². The number of primary amides is 2. The highest BCUT2D eigenvalue weighted by molar-refractivity contribution is 6.07. The molecule has 0 bridgehead atoms. The van der Waals surface area contributed by atoms with Crippen LogP contribution in [0.4, 0.5) is 0 Å². The van der Waals surface area contributed by atoms with Crippen molar-refractivity contribution in [1.29, 1.82) is 0 Å². The molecule has 120 valence electrons. The van der Waals surface area contributed by atoms with Crippen molar-refractivity contribution in [2.24, 2.45) is 22.8 Å². The van der Waals surface area contributed by atoms with E-state index in [1.54, 1.807) is 6.08 Å². The summed E-state index contributed by atoms with van der Waals surface area (Å²) in [5.41, 5.74) is 13.0. The zero-order valence-electron chi connectivity index (χ0n) is 13.1. The first kappa shape index (κ1) is 15.5. The number of nitrogens with two attached hydrogens (primary N) is 2. The third kappa shape index (κ3) is 2.69. The molecule has 0 atom stereocenters. The van der Waals surface area contributed by atoms with Gasteiger partial charge < -0.3 is 11.5 Å². The number of rotatable bonds is 4. The van der Waals surface area contributed by atoms with Gasteiger partial charge in [0.05, 0.1) is 0 Å². The van der Waals surface area contributed by atoms with Crippen LogP contribution in [0.5, 0.6) is 0 Å². The van der Waals surface area contributed by atoms with Crippen molar-refractivity contribution in [3.8, 4) is 0 Å². The maximum Gasteiger partial charge on any atom is 0.237 e. The van der Waals surface area contributed by atoms with Crippen molar-refractivity contribution in [2.45, 2.75) is 32.1 Å². The maximum absolute atomic E-state index is 12.0. The number of benzene rings is 1. The van der Waals surface area contributed by atoms with Gasteiger partial charge in [-0.05, 0) is 36.3 Å². The van der Waals surface area contributed by atoms with Crippen LogP contribution in [0.15, 0.2) is 48.1 Å². The number of allylic oxidation sites excluding steroid dienone is 3. The highest BCUT2D eigenvalue weighted by atomic mass is 16.2. The smallest absolute Gasteiger partial charge is 0.237 e. The molecule has 0 aromatic heterocycles. The summed E-state index contributed by atoms with van der Waals surface area (Å²) in [5.74, 6) is -0.930. The van der Waals surface area contributed by atoms with Crippen molar-refractivity contribution in [3.05, 3.63) is 53.6 Å². The van der Waals surface area contributed by atoms with Gasteiger partial charge in [0.1, 0.15) is 5.41 Å². The van der Waals surface area contributed by atoms with E-state index in [1.165, 1.54) is 12.8 Å². The van der Waals surface area contributed by atoms with Gasteiger partial charge in [0.15, 0.2) is 0 Å². The van der Waals surface area contributed by atoms with Crippen LogP contribution in [-0.2, 0) is 9.59 Å². The molecule has 4 heteroatoms. The van der Waals surface area contributed by atoms with Gasteiger partial charge in [-0.25, -0.2) is 0 Å². The van der Waals surface area contributed by atoms with Crippen LogP contribution in [0, 0.1) is 11.3 Å². The molecule has 2 aliphatic carbocycles. The number of amides is 2. The molecule has 0 aliphatic heterocycles. The summed E-state index contributed by atoms with van der Waals surface area (Å²) in [4.78, 5) is 23.9. The minimum absolute atomic E-state index is 0.309. The van der Waals surface area contributed by atoms with Crippen LogP contribution in [0.3, 0.4) is 0 Å². The molecule has 1 saturated carbocycles. The lowest BCUT2D eigenvalue weighted by Crippen LogP contribution is -2.47. The van der Waals surface area contributed by atoms with E-state index in [4.69, 9.17) is 11.5 Å². The molecule has 0 heterocycles. The third-order valence-electron chi connectivity index (χ3n) is 5.16. The normalized spacial score (nSPS) is 20.7. The lowest BCUT2D eigenvalue weighted by molar-refractivity contribution is -0.136. The summed E-state index contributed by atoms with van der Waals surface area (Å²) in [6.07, 6.45) is 8.31. The third-order valence-corrected chi connectivity index (χ3v) is 5.16. The van der Waals surface area contributed by atoms with Crippen molar-refractivity contribution in [1.82, 2.24) is 0 Å². The molecule has 4 N–H and O–H groups in total. The molecule has 0 saturated heterocycles. The summed E-state index contributed by atoms with van der Waals surface area (Å²) < 4.78 is 0. The Hall–Kier alpha value is -2.36. The van der Waals surface area contributed by atoms with Crippen LogP contribution in [-0.4, -0.2) is 11.8 Å². The van der Waals surface area contributed by atoms with Crippen molar-refractivity contribution in [2.75, 3.05) is 0 Å². The molecule has 0 spiro atoms. The standard InChI is InChI=1S/C19H22N2O2/c20-17(22)19(18(21)23)11-10-15(13-6-2-1-3-7-13)16(12-19)14-8-4-5-9-14/h1-3,6-7,10-11,14H,4-5,8-9,12H2,(H2,20,22)(H2,21,23). The van der Waals surface area contributed by atoms with E-state index >= 15 is 0 Å². The fourth-order valence-corrected chi connectivity index (χ4v) is 3.78. The molecule has 2 aliphatic rings. The van der Waals surface area contributed by atoms with E-state index in [0.717, 1.165) is 29.6 Å². The molecule has 23 heavy (non-hydrogen) atoms. The first-order valence-corrected chi connectivity index (χ1v) is 8.12. The van der Waals surface area contributed by atoms with Gasteiger partial charge in [0.25, 0.3) is 0 Å². The van der Waals surface area contributed by atoms with Gasteiger partial charge in [-0.3, -0.25) is 9.59 Å². The number of carbonyl (C=O) groups is 2. The van der Waals surface area contributed by atoms with Crippen LogP contribution >= 0.6 is 0 Å². The second-order valence-electron chi connectivity index (χ2n) is 6.50. The van der Waals surface area contributed by atoms with Crippen molar-refractivity contribution < 1.29 is 9.59 Å². The zero-order valence-corrected chi connectivity index (χ0v) is 13.1. The van der Waals surface area contributed by atoms with Gasteiger partial charge in [0, 0.05) is 0 Å². The first-order chi connectivity index (χ1) is 11.0. The Morgan fingerprint density at radius 3 is 2.17 bits per heavy atom. The predicted molar refractivity (Wildman–Crippen MR) is 89.9 cm³/mol. The SMILES string of the molecule is NC(=O)C1(C(N)=O)C=CC(c2ccccc2)=C(C2CCCC2)C1. The Balaban J connectivity index is 2.09. The lowest BCUT2D eigenvalue weighted by Gasteiger charge is -2.32. The van der Waals surface area contributed by atoms with Gasteiger partial charge >= 0.3 is 0 Å². The predicted octanol–water partition coefficient (Wildman–Crippen LogP) is 2.55. The zero-order chi connectivity index (χ0) is 16.4. The fraction of sp³-hybridized carbons (Fsp3) is 0.368. The van der Waals surface area contributed by atoms with E-state index in [-0.39, 0.29) is 0 Å². The van der Waals surface area contributed by atoms with E-state index in [2.05, 4.69) is 12.1 Å². The Morgan fingerprint density at radius 2 is 1.61 bits per heavy atom. The second-order valence-corrected chi connectivity index (χ2v) is 6.50. The van der Waals surface area contributed by atoms with E-state index in [1.807, 2.05) is 24.3 Å². The first-order valence-electron chi connectivity index (χ1n) is 8.12. The average Bonchev–Trinajstić information content (AvgIpc) is 3.09. The molecule has 4 nitrogen and oxygen atoms in total. The Kier molecular flexibility index (Phi) is 4.07. The van der Waals surface area contributed by atoms with Gasteiger partial charge in [0.2, 0.25) is 11.8 Å². The van der Waals surface area contributed by atoms with Crippen LogP contribution in [0.25, 0.3) is 5.57 Å². The molecule has 2 amide bonds. The molecule has 1 aromatic rings. The Morgan fingerprint density at radius 1 is 1.00 bits per heavy atom. The maximum atomic E-state index is 12.0. The fourth-order valence-electron chi connectivity index (χ4n) is 3.78. The van der Waals surface area contributed by atoms with Crippen molar-refractivity contribution >= 4 is 17.4 Å². The Bertz CT molecular complexity index is 669. The van der Waals surface area contributed by atoms with Crippen LogP contribution < -0.4 is 11.5 Å². The number of hydrogen-bond donors (Lipinski definition) is 2. The van der Waals surface area contributed by atoms with Crippen molar-refractivity contribution in [3.63, 3.8) is 0 Å². The van der Waals surface area contributed by atoms with E-state index in [0.29, 0.717) is 12.3 Å². The summed E-state index contributed by atoms with van der Waals surface area (Å²) in [6.45, 7) is 0. The molecule has 0 unspecified atom stereocenters. The summed E-state index contributed by atoms with van der Waals surface area (Å²) in [7, 11) is 0. The minimum Gasteiger partial charge on any atom is -0.368 e. The monoisotopic (exact) mass is 310 g/mol. The van der Waals surface area contributed by atoms with Crippen LogP contribution in [0.1, 0.15) is 37.7 Å². The quantitative estimate of drug-likeness (QED) is 0.837. The molecular weight excluding hydrogens is 288 g/mol. The Labute approximate surface area is 136 Å². The molecule has 1 aromatic carbocycles. The van der Waals surface area contributed by atoms with Gasteiger partial charge in [-0.15, -0.1) is 0 Å². The van der Waals surface area contributed by atoms with E-state index in [9.17, 15) is 9.59 Å². The molecule has 0 radical (unpaired) electrons. The largest absolute Gasteiger partial charge is 0.368 e. The van der Waals surface area contributed by atoms with Gasteiger partial charge in [-0.2, -0.15) is 0 Å². The highest BCUT2D eigenvalue weighted by Crippen LogP contribution is 2.45. The summed E-state index contributed by atoms with van der Waals surface area (Å²) in [6, 6.07) is 10.1. The lowest BCUT2D eigenvalue weighted by atomic mass is 9.70. The average molecular weight is 310 g/mol. The molecular formula is C19H22N2O2. The highest BCUT2D eigenvalue weighted by Gasteiger charge is 2.44. The molecule has 1 fully saturated rings. The minimum atomic E-state index is -1.39. The molecule has 3 rings (SSSR count). The summed E-state index contributed by atoms with van der Waals surface area (Å²) in [5, 5.41) is 0. The van der Waals surface area contributed by atoms with Crippen LogP contribution in [0.2, 0.25) is 0 Å². The number of carbonyl (C=O) groups excluding carboxylic acids is 2. The summed E-state index contributed by atoms with van der Waals surface area (Å²) >= 11 is 0.